The Morgan fingerprint density at radius 2 is 2.06 bits per heavy atom. The van der Waals surface area contributed by atoms with Gasteiger partial charge < -0.3 is 14.8 Å². The lowest BCUT2D eigenvalue weighted by Crippen LogP contribution is -2.49. The first-order chi connectivity index (χ1) is 8.66. The largest absolute Gasteiger partial charge is 0.354 e. The van der Waals surface area contributed by atoms with Crippen LogP contribution < -0.4 is 5.32 Å². The van der Waals surface area contributed by atoms with Crippen LogP contribution in [-0.4, -0.2) is 35.6 Å². The van der Waals surface area contributed by atoms with Crippen molar-refractivity contribution in [3.05, 3.63) is 24.0 Å². The van der Waals surface area contributed by atoms with E-state index in [1.807, 2.05) is 0 Å². The van der Waals surface area contributed by atoms with Crippen molar-refractivity contribution in [1.82, 2.24) is 14.8 Å². The molecular formula is C15H27N3. The summed E-state index contributed by atoms with van der Waals surface area (Å²) in [6, 6.07) is 2.22. The van der Waals surface area contributed by atoms with E-state index in [-0.39, 0.29) is 0 Å². The molecule has 0 saturated heterocycles. The van der Waals surface area contributed by atoms with Gasteiger partial charge in [-0.2, -0.15) is 0 Å². The van der Waals surface area contributed by atoms with Gasteiger partial charge >= 0.3 is 0 Å². The number of likely N-dealkylation sites (N-methyl/N-ethyl adjacent to an activating group) is 1. The maximum atomic E-state index is 3.65. The van der Waals surface area contributed by atoms with Gasteiger partial charge in [0.2, 0.25) is 0 Å². The average molecular weight is 249 g/mol. The van der Waals surface area contributed by atoms with Crippen molar-refractivity contribution in [3.8, 4) is 0 Å². The average Bonchev–Trinajstić information content (AvgIpc) is 2.98. The fourth-order valence-corrected chi connectivity index (χ4v) is 3.05. The maximum Gasteiger partial charge on any atom is 0.0328 e. The van der Waals surface area contributed by atoms with E-state index in [0.29, 0.717) is 5.54 Å². The van der Waals surface area contributed by atoms with Crippen LogP contribution in [0.5, 0.6) is 0 Å². The van der Waals surface area contributed by atoms with Gasteiger partial charge in [-0.1, -0.05) is 12.8 Å². The molecule has 0 unspecified atom stereocenters. The summed E-state index contributed by atoms with van der Waals surface area (Å²) in [6.45, 7) is 5.33. The molecule has 1 aliphatic carbocycles. The number of nitrogens with one attached hydrogen (secondary N) is 1. The number of hydrogen-bond acceptors (Lipinski definition) is 2. The van der Waals surface area contributed by atoms with Crippen LogP contribution in [0.2, 0.25) is 0 Å². The maximum absolute atomic E-state index is 3.65. The second-order valence-corrected chi connectivity index (χ2v) is 5.78. The Morgan fingerprint density at radius 1 is 1.33 bits per heavy atom. The lowest BCUT2D eigenvalue weighted by Gasteiger charge is -2.36. The third-order valence-corrected chi connectivity index (χ3v) is 4.44. The van der Waals surface area contributed by atoms with Crippen LogP contribution in [0.1, 0.15) is 38.2 Å². The van der Waals surface area contributed by atoms with Gasteiger partial charge in [0.15, 0.2) is 0 Å². The summed E-state index contributed by atoms with van der Waals surface area (Å²) in [4.78, 5) is 2.42. The van der Waals surface area contributed by atoms with Crippen molar-refractivity contribution in [2.75, 3.05) is 20.6 Å². The Labute approximate surface area is 111 Å². The zero-order valence-electron chi connectivity index (χ0n) is 12.1. The molecule has 3 heteroatoms. The molecule has 3 nitrogen and oxygen atoms in total. The van der Waals surface area contributed by atoms with Gasteiger partial charge in [0.25, 0.3) is 0 Å². The van der Waals surface area contributed by atoms with Crippen LogP contribution in [0.3, 0.4) is 0 Å². The zero-order valence-corrected chi connectivity index (χ0v) is 12.1. The Balaban J connectivity index is 1.83. The molecule has 0 aromatic carbocycles. The molecule has 0 amide bonds. The second-order valence-electron chi connectivity index (χ2n) is 5.78. The lowest BCUT2D eigenvalue weighted by molar-refractivity contribution is 0.153. The van der Waals surface area contributed by atoms with E-state index in [0.717, 1.165) is 19.6 Å². The number of hydrogen-bond donors (Lipinski definition) is 1. The molecule has 0 spiro atoms. The van der Waals surface area contributed by atoms with Gasteiger partial charge in [-0.05, 0) is 45.5 Å². The lowest BCUT2D eigenvalue weighted by atomic mass is 9.96. The summed E-state index contributed by atoms with van der Waals surface area (Å²) in [7, 11) is 4.45. The van der Waals surface area contributed by atoms with Gasteiger partial charge in [0.1, 0.15) is 0 Å². The highest BCUT2D eigenvalue weighted by Gasteiger charge is 2.35. The van der Waals surface area contributed by atoms with Crippen LogP contribution in [0.15, 0.2) is 18.5 Å². The molecule has 1 aliphatic rings. The number of aryl methyl sites for hydroxylation is 1. The number of rotatable bonds is 6. The van der Waals surface area contributed by atoms with Crippen molar-refractivity contribution >= 4 is 0 Å². The van der Waals surface area contributed by atoms with E-state index in [1.54, 1.807) is 0 Å². The standard InChI is InChI=1S/C15H27N3/c1-4-18-10-7-14(12-18)11-16-13-15(17(2)3)8-5-6-9-15/h7,10,12,16H,4-6,8-9,11,13H2,1-3H3. The molecular weight excluding hydrogens is 222 g/mol. The molecule has 1 saturated carbocycles. The van der Waals surface area contributed by atoms with Gasteiger partial charge in [0.05, 0.1) is 0 Å². The molecule has 1 fully saturated rings. The van der Waals surface area contributed by atoms with Crippen molar-refractivity contribution in [3.63, 3.8) is 0 Å². The summed E-state index contributed by atoms with van der Waals surface area (Å²) in [5.41, 5.74) is 1.79. The monoisotopic (exact) mass is 249 g/mol. The van der Waals surface area contributed by atoms with Crippen LogP contribution >= 0.6 is 0 Å². The Bertz CT molecular complexity index is 362. The molecule has 0 atom stereocenters. The predicted molar refractivity (Wildman–Crippen MR) is 76.7 cm³/mol. The fraction of sp³-hybridized carbons (Fsp3) is 0.733. The highest BCUT2D eigenvalue weighted by Crippen LogP contribution is 2.33. The fourth-order valence-electron chi connectivity index (χ4n) is 3.05. The second kappa shape index (κ2) is 5.89. The highest BCUT2D eigenvalue weighted by molar-refractivity contribution is 5.10. The van der Waals surface area contributed by atoms with E-state index in [2.05, 4.69) is 54.3 Å². The Hall–Kier alpha value is -0.800. The highest BCUT2D eigenvalue weighted by atomic mass is 15.2. The Morgan fingerprint density at radius 3 is 2.61 bits per heavy atom. The van der Waals surface area contributed by atoms with Gasteiger partial charge in [0, 0.05) is 37.6 Å². The summed E-state index contributed by atoms with van der Waals surface area (Å²) in [5, 5.41) is 3.65. The minimum absolute atomic E-state index is 0.396. The molecule has 0 aliphatic heterocycles. The van der Waals surface area contributed by atoms with E-state index in [4.69, 9.17) is 0 Å². The third-order valence-electron chi connectivity index (χ3n) is 4.44. The predicted octanol–water partition coefficient (Wildman–Crippen LogP) is 2.47. The number of aromatic nitrogens is 1. The normalized spacial score (nSPS) is 18.7. The summed E-state index contributed by atoms with van der Waals surface area (Å²) in [6.07, 6.45) is 9.84. The summed E-state index contributed by atoms with van der Waals surface area (Å²) < 4.78 is 2.23. The minimum atomic E-state index is 0.396. The SMILES string of the molecule is CCn1ccc(CNCC2(N(C)C)CCCC2)c1. The van der Waals surface area contributed by atoms with E-state index in [9.17, 15) is 0 Å². The van der Waals surface area contributed by atoms with Crippen molar-refractivity contribution < 1.29 is 0 Å². The first-order valence-electron chi connectivity index (χ1n) is 7.19. The Kier molecular flexibility index (Phi) is 4.46. The molecule has 0 bridgehead atoms. The molecule has 1 aromatic rings. The molecule has 0 radical (unpaired) electrons. The molecule has 1 N–H and O–H groups in total. The zero-order chi connectivity index (χ0) is 13.0. The minimum Gasteiger partial charge on any atom is -0.354 e. The molecule has 1 aromatic heterocycles. The molecule has 1 heterocycles. The van der Waals surface area contributed by atoms with Crippen LogP contribution in [-0.2, 0) is 13.1 Å². The third kappa shape index (κ3) is 2.96. The van der Waals surface area contributed by atoms with Gasteiger partial charge in [-0.15, -0.1) is 0 Å². The van der Waals surface area contributed by atoms with Crippen molar-refractivity contribution in [1.29, 1.82) is 0 Å². The summed E-state index contributed by atoms with van der Waals surface area (Å²) >= 11 is 0. The van der Waals surface area contributed by atoms with E-state index in [1.165, 1.54) is 31.2 Å². The van der Waals surface area contributed by atoms with Crippen LogP contribution in [0.25, 0.3) is 0 Å². The molecule has 102 valence electrons. The van der Waals surface area contributed by atoms with E-state index >= 15 is 0 Å². The van der Waals surface area contributed by atoms with E-state index < -0.39 is 0 Å². The molecule has 2 rings (SSSR count). The summed E-state index contributed by atoms with van der Waals surface area (Å²) in [5.74, 6) is 0. The quantitative estimate of drug-likeness (QED) is 0.836. The van der Waals surface area contributed by atoms with Gasteiger partial charge in [-0.3, -0.25) is 0 Å². The number of nitrogens with zero attached hydrogens (tertiary/aromatic N) is 2. The topological polar surface area (TPSA) is 20.2 Å². The van der Waals surface area contributed by atoms with Gasteiger partial charge in [-0.25, -0.2) is 0 Å². The first-order valence-corrected chi connectivity index (χ1v) is 7.19. The molecule has 18 heavy (non-hydrogen) atoms. The van der Waals surface area contributed by atoms with Crippen LogP contribution in [0, 0.1) is 0 Å². The first kappa shape index (κ1) is 13.6. The van der Waals surface area contributed by atoms with Crippen molar-refractivity contribution in [2.45, 2.75) is 51.2 Å². The smallest absolute Gasteiger partial charge is 0.0328 e. The van der Waals surface area contributed by atoms with Crippen molar-refractivity contribution in [2.24, 2.45) is 0 Å². The van der Waals surface area contributed by atoms with Crippen LogP contribution in [0.4, 0.5) is 0 Å².